The number of hydrogen-bond acceptors (Lipinski definition) is 6. The van der Waals surface area contributed by atoms with Gasteiger partial charge in [0.2, 0.25) is 0 Å². The van der Waals surface area contributed by atoms with Crippen molar-refractivity contribution in [2.75, 3.05) is 11.9 Å². The number of nitro groups is 1. The largest absolute Gasteiger partial charge is 0.494 e. The van der Waals surface area contributed by atoms with Gasteiger partial charge in [-0.15, -0.1) is 0 Å². The van der Waals surface area contributed by atoms with Crippen molar-refractivity contribution in [2.45, 2.75) is 13.8 Å². The van der Waals surface area contributed by atoms with E-state index in [1.807, 2.05) is 0 Å². The second-order valence-electron chi connectivity index (χ2n) is 4.37. The van der Waals surface area contributed by atoms with E-state index >= 15 is 0 Å². The molecule has 0 aliphatic heterocycles. The number of hydrogen-bond donors (Lipinski definition) is 1. The first-order chi connectivity index (χ1) is 10.5. The topological polar surface area (TPSA) is 107 Å². The van der Waals surface area contributed by atoms with E-state index in [1.54, 1.807) is 19.9 Å². The maximum absolute atomic E-state index is 12.0. The number of amides is 1. The Bertz CT molecular complexity index is 700. The Morgan fingerprint density at radius 1 is 1.36 bits per heavy atom. The van der Waals surface area contributed by atoms with E-state index in [4.69, 9.17) is 4.74 Å². The molecule has 22 heavy (non-hydrogen) atoms. The van der Waals surface area contributed by atoms with Crippen LogP contribution in [-0.2, 0) is 0 Å². The lowest BCUT2D eigenvalue weighted by Gasteiger charge is -2.08. The fourth-order valence-electron chi connectivity index (χ4n) is 1.72. The molecule has 0 saturated heterocycles. The summed E-state index contributed by atoms with van der Waals surface area (Å²) in [6, 6.07) is 4.23. The van der Waals surface area contributed by atoms with E-state index in [9.17, 15) is 14.9 Å². The highest BCUT2D eigenvalue weighted by molar-refractivity contribution is 6.03. The van der Waals surface area contributed by atoms with Gasteiger partial charge in [-0.1, -0.05) is 0 Å². The van der Waals surface area contributed by atoms with Crippen LogP contribution in [0.25, 0.3) is 0 Å². The van der Waals surface area contributed by atoms with Gasteiger partial charge in [-0.25, -0.2) is 4.98 Å². The molecule has 8 heteroatoms. The maximum Gasteiger partial charge on any atom is 0.296 e. The minimum absolute atomic E-state index is 0.0702. The summed E-state index contributed by atoms with van der Waals surface area (Å²) in [5.74, 6) is -0.206. The van der Waals surface area contributed by atoms with E-state index < -0.39 is 10.8 Å². The molecule has 0 radical (unpaired) electrons. The molecule has 0 saturated carbocycles. The number of carbonyl (C=O) groups is 1. The van der Waals surface area contributed by atoms with Crippen LogP contribution in [0.5, 0.6) is 5.75 Å². The molecule has 0 unspecified atom stereocenters. The van der Waals surface area contributed by atoms with Crippen LogP contribution in [0.3, 0.4) is 0 Å². The minimum Gasteiger partial charge on any atom is -0.494 e. The zero-order chi connectivity index (χ0) is 16.1. The summed E-state index contributed by atoms with van der Waals surface area (Å²) in [5.41, 5.74) is 0.567. The van der Waals surface area contributed by atoms with E-state index in [2.05, 4.69) is 15.3 Å². The van der Waals surface area contributed by atoms with Crippen molar-refractivity contribution in [1.82, 2.24) is 9.97 Å². The number of carbonyl (C=O) groups excluding carboxylic acids is 1. The third-order valence-corrected chi connectivity index (χ3v) is 2.74. The Morgan fingerprint density at radius 2 is 2.14 bits per heavy atom. The molecule has 1 aromatic heterocycles. The molecular weight excluding hydrogens is 288 g/mol. The number of ether oxygens (including phenoxy) is 1. The van der Waals surface area contributed by atoms with Crippen molar-refractivity contribution in [1.29, 1.82) is 0 Å². The van der Waals surface area contributed by atoms with Gasteiger partial charge in [0, 0.05) is 6.20 Å². The Labute approximate surface area is 126 Å². The van der Waals surface area contributed by atoms with Gasteiger partial charge in [0.25, 0.3) is 11.6 Å². The number of nitro benzene ring substituents is 1. The lowest BCUT2D eigenvalue weighted by Crippen LogP contribution is -2.15. The van der Waals surface area contributed by atoms with Gasteiger partial charge >= 0.3 is 0 Å². The summed E-state index contributed by atoms with van der Waals surface area (Å²) in [6.07, 6.45) is 2.76. The fraction of sp³-hybridized carbons (Fsp3) is 0.214. The fourth-order valence-corrected chi connectivity index (χ4v) is 1.72. The van der Waals surface area contributed by atoms with Crippen LogP contribution in [0.1, 0.15) is 23.1 Å². The highest BCUT2D eigenvalue weighted by atomic mass is 16.6. The van der Waals surface area contributed by atoms with Crippen LogP contribution in [0.4, 0.5) is 11.4 Å². The Morgan fingerprint density at radius 3 is 2.73 bits per heavy atom. The van der Waals surface area contributed by atoms with E-state index in [1.165, 1.54) is 24.5 Å². The van der Waals surface area contributed by atoms with Crippen LogP contribution in [-0.4, -0.2) is 27.4 Å². The van der Waals surface area contributed by atoms with Gasteiger partial charge in [0.15, 0.2) is 0 Å². The van der Waals surface area contributed by atoms with E-state index in [0.717, 1.165) is 0 Å². The zero-order valence-electron chi connectivity index (χ0n) is 12.1. The molecule has 0 bridgehead atoms. The number of nitrogens with zero attached hydrogens (tertiary/aromatic N) is 3. The molecule has 0 aliphatic rings. The molecular formula is C14H14N4O4. The monoisotopic (exact) mass is 302 g/mol. The van der Waals surface area contributed by atoms with Gasteiger partial charge in [-0.05, 0) is 26.0 Å². The first-order valence-electron chi connectivity index (χ1n) is 6.52. The second-order valence-corrected chi connectivity index (χ2v) is 4.37. The van der Waals surface area contributed by atoms with Crippen molar-refractivity contribution < 1.29 is 14.5 Å². The highest BCUT2D eigenvalue weighted by Crippen LogP contribution is 2.29. The third-order valence-electron chi connectivity index (χ3n) is 2.74. The molecule has 114 valence electrons. The minimum atomic E-state index is -0.584. The van der Waals surface area contributed by atoms with Gasteiger partial charge < -0.3 is 10.1 Å². The summed E-state index contributed by atoms with van der Waals surface area (Å²) < 4.78 is 5.21. The summed E-state index contributed by atoms with van der Waals surface area (Å²) >= 11 is 0. The van der Waals surface area contributed by atoms with Gasteiger partial charge in [-0.3, -0.25) is 19.9 Å². The first-order valence-corrected chi connectivity index (χ1v) is 6.52. The Hall–Kier alpha value is -3.03. The molecule has 0 aliphatic carbocycles. The molecule has 2 rings (SSSR count). The number of benzene rings is 1. The molecule has 1 aromatic carbocycles. The summed E-state index contributed by atoms with van der Waals surface area (Å²) in [7, 11) is 0. The van der Waals surface area contributed by atoms with Crippen LogP contribution in [0.15, 0.2) is 30.6 Å². The smallest absolute Gasteiger partial charge is 0.296 e. The van der Waals surface area contributed by atoms with Gasteiger partial charge in [0.1, 0.15) is 17.1 Å². The number of aryl methyl sites for hydroxylation is 1. The van der Waals surface area contributed by atoms with Crippen LogP contribution >= 0.6 is 0 Å². The average Bonchev–Trinajstić information content (AvgIpc) is 2.49. The van der Waals surface area contributed by atoms with Gasteiger partial charge in [-0.2, -0.15) is 0 Å². The van der Waals surface area contributed by atoms with E-state index in [-0.39, 0.29) is 17.1 Å². The summed E-state index contributed by atoms with van der Waals surface area (Å²) in [5, 5.41) is 13.6. The Kier molecular flexibility index (Phi) is 4.62. The van der Waals surface area contributed by atoms with Crippen LogP contribution in [0, 0.1) is 17.0 Å². The highest BCUT2D eigenvalue weighted by Gasteiger charge is 2.18. The number of rotatable bonds is 5. The molecule has 1 N–H and O–H groups in total. The lowest BCUT2D eigenvalue weighted by atomic mass is 10.2. The SMILES string of the molecule is CCOc1ccc(NC(=O)c2cnc(C)cn2)c([N+](=O)[O-])c1. The zero-order valence-corrected chi connectivity index (χ0v) is 12.1. The average molecular weight is 302 g/mol. The molecule has 1 amide bonds. The molecule has 1 heterocycles. The molecule has 8 nitrogen and oxygen atoms in total. The normalized spacial score (nSPS) is 10.1. The maximum atomic E-state index is 12.0. The third kappa shape index (κ3) is 3.54. The van der Waals surface area contributed by atoms with Crippen molar-refractivity contribution in [2.24, 2.45) is 0 Å². The van der Waals surface area contributed by atoms with Crippen molar-refractivity contribution >= 4 is 17.3 Å². The summed E-state index contributed by atoms with van der Waals surface area (Å²) in [6.45, 7) is 3.91. The van der Waals surface area contributed by atoms with Gasteiger partial charge in [0.05, 0.1) is 29.5 Å². The van der Waals surface area contributed by atoms with Crippen molar-refractivity contribution in [3.05, 3.63) is 52.1 Å². The van der Waals surface area contributed by atoms with Crippen molar-refractivity contribution in [3.8, 4) is 5.75 Å². The molecule has 0 atom stereocenters. The first kappa shape index (κ1) is 15.4. The molecule has 0 spiro atoms. The quantitative estimate of drug-likeness (QED) is 0.671. The van der Waals surface area contributed by atoms with Crippen LogP contribution < -0.4 is 10.1 Å². The molecule has 0 fully saturated rings. The number of anilines is 1. The standard InChI is InChI=1S/C14H14N4O4/c1-3-22-10-4-5-11(13(6-10)18(20)21)17-14(19)12-8-15-9(2)7-16-12/h4-8H,3H2,1-2H3,(H,17,19). The lowest BCUT2D eigenvalue weighted by molar-refractivity contribution is -0.384. The number of nitrogens with one attached hydrogen (secondary N) is 1. The predicted octanol–water partition coefficient (Wildman–Crippen LogP) is 2.34. The second kappa shape index (κ2) is 6.61. The van der Waals surface area contributed by atoms with Crippen LogP contribution in [0.2, 0.25) is 0 Å². The number of aromatic nitrogens is 2. The predicted molar refractivity (Wildman–Crippen MR) is 79.0 cm³/mol. The van der Waals surface area contributed by atoms with E-state index in [0.29, 0.717) is 18.1 Å². The molecule has 2 aromatic rings. The van der Waals surface area contributed by atoms with Crippen molar-refractivity contribution in [3.63, 3.8) is 0 Å². The summed E-state index contributed by atoms with van der Waals surface area (Å²) in [4.78, 5) is 30.5. The Balaban J connectivity index is 2.26.